The molecule has 1 aromatic carbocycles. The summed E-state index contributed by atoms with van der Waals surface area (Å²) in [6, 6.07) is 9.73. The van der Waals surface area contributed by atoms with Crippen molar-refractivity contribution in [2.75, 3.05) is 0 Å². The lowest BCUT2D eigenvalue weighted by molar-refractivity contribution is 0.461. The highest BCUT2D eigenvalue weighted by Gasteiger charge is 2.24. The fourth-order valence-electron chi connectivity index (χ4n) is 2.69. The van der Waals surface area contributed by atoms with Crippen LogP contribution in [-0.2, 0) is 0 Å². The van der Waals surface area contributed by atoms with Crippen molar-refractivity contribution in [1.82, 2.24) is 5.43 Å². The highest BCUT2D eigenvalue weighted by Crippen LogP contribution is 2.33. The number of nitrogens with one attached hydrogen (secondary N) is 1. The van der Waals surface area contributed by atoms with Crippen molar-refractivity contribution in [3.05, 3.63) is 58.7 Å². The van der Waals surface area contributed by atoms with E-state index in [1.54, 1.807) is 0 Å². The van der Waals surface area contributed by atoms with Gasteiger partial charge in [-0.15, -0.1) is 0 Å². The second-order valence-electron chi connectivity index (χ2n) is 5.04. The number of hydrogen-bond donors (Lipinski definition) is 2. The number of aryl methyl sites for hydroxylation is 2. The van der Waals surface area contributed by atoms with Crippen molar-refractivity contribution in [3.63, 3.8) is 0 Å². The number of fused-ring (bicyclic) bond motifs is 1. The summed E-state index contributed by atoms with van der Waals surface area (Å²) in [5.74, 6) is 8.32. The van der Waals surface area contributed by atoms with E-state index in [1.165, 1.54) is 0 Å². The van der Waals surface area contributed by atoms with Crippen LogP contribution in [0.15, 0.2) is 39.2 Å². The number of para-hydroxylation sites is 1. The number of furan rings is 2. The molecule has 3 N–H and O–H groups in total. The third-order valence-corrected chi connectivity index (χ3v) is 3.80. The van der Waals surface area contributed by atoms with Gasteiger partial charge in [0.1, 0.15) is 28.9 Å². The van der Waals surface area contributed by atoms with Gasteiger partial charge in [0.2, 0.25) is 0 Å². The van der Waals surface area contributed by atoms with Crippen LogP contribution in [0.25, 0.3) is 11.0 Å². The maximum Gasteiger partial charge on any atom is 0.134 e. The summed E-state index contributed by atoms with van der Waals surface area (Å²) in [5.41, 5.74) is 5.84. The van der Waals surface area contributed by atoms with E-state index in [0.29, 0.717) is 0 Å². The fraction of sp³-hybridized carbons (Fsp3) is 0.250. The van der Waals surface area contributed by atoms with Crippen LogP contribution in [0.1, 0.15) is 34.4 Å². The molecule has 104 valence electrons. The van der Waals surface area contributed by atoms with Gasteiger partial charge in [0.15, 0.2) is 0 Å². The molecule has 0 aliphatic heterocycles. The van der Waals surface area contributed by atoms with Crippen molar-refractivity contribution < 1.29 is 8.83 Å². The summed E-state index contributed by atoms with van der Waals surface area (Å²) in [7, 11) is 0. The fourth-order valence-corrected chi connectivity index (χ4v) is 2.69. The Hall–Kier alpha value is -2.04. The lowest BCUT2D eigenvalue weighted by Gasteiger charge is -2.13. The SMILES string of the molecule is Cc1oc(C)c(C(NN)c2cc3ccccc3o2)c1C. The molecule has 0 spiro atoms. The summed E-state index contributed by atoms with van der Waals surface area (Å²) in [6.45, 7) is 5.94. The average Bonchev–Trinajstić information content (AvgIpc) is 2.96. The molecule has 0 saturated carbocycles. The summed E-state index contributed by atoms with van der Waals surface area (Å²) in [6.07, 6.45) is 0. The molecule has 0 bridgehead atoms. The van der Waals surface area contributed by atoms with Crippen molar-refractivity contribution in [2.45, 2.75) is 26.8 Å². The molecule has 4 nitrogen and oxygen atoms in total. The van der Waals surface area contributed by atoms with Crippen LogP contribution in [0, 0.1) is 20.8 Å². The Morgan fingerprint density at radius 2 is 1.80 bits per heavy atom. The van der Waals surface area contributed by atoms with E-state index < -0.39 is 0 Å². The second kappa shape index (κ2) is 4.81. The van der Waals surface area contributed by atoms with Crippen LogP contribution in [0.2, 0.25) is 0 Å². The number of rotatable bonds is 3. The van der Waals surface area contributed by atoms with Crippen LogP contribution >= 0.6 is 0 Å². The maximum absolute atomic E-state index is 5.91. The minimum absolute atomic E-state index is 0.208. The molecule has 3 rings (SSSR count). The van der Waals surface area contributed by atoms with Crippen LogP contribution in [0.5, 0.6) is 0 Å². The molecule has 20 heavy (non-hydrogen) atoms. The summed E-state index contributed by atoms with van der Waals surface area (Å²) in [5, 5.41) is 1.07. The molecule has 0 aliphatic rings. The minimum Gasteiger partial charge on any atom is -0.466 e. The first-order chi connectivity index (χ1) is 9.61. The van der Waals surface area contributed by atoms with Crippen molar-refractivity contribution in [3.8, 4) is 0 Å². The Morgan fingerprint density at radius 3 is 2.40 bits per heavy atom. The van der Waals surface area contributed by atoms with Gasteiger partial charge in [-0.1, -0.05) is 18.2 Å². The van der Waals surface area contributed by atoms with Crippen LogP contribution in [0.3, 0.4) is 0 Å². The average molecular weight is 270 g/mol. The van der Waals surface area contributed by atoms with Gasteiger partial charge in [-0.05, 0) is 38.5 Å². The van der Waals surface area contributed by atoms with E-state index in [4.69, 9.17) is 14.7 Å². The molecule has 0 fully saturated rings. The smallest absolute Gasteiger partial charge is 0.134 e. The summed E-state index contributed by atoms with van der Waals surface area (Å²) < 4.78 is 11.6. The highest BCUT2D eigenvalue weighted by atomic mass is 16.3. The first-order valence-electron chi connectivity index (χ1n) is 6.63. The Bertz CT molecular complexity index is 722. The van der Waals surface area contributed by atoms with Crippen molar-refractivity contribution in [2.24, 2.45) is 5.84 Å². The van der Waals surface area contributed by atoms with E-state index in [2.05, 4.69) is 5.43 Å². The molecule has 0 radical (unpaired) electrons. The minimum atomic E-state index is -0.208. The predicted molar refractivity (Wildman–Crippen MR) is 78.3 cm³/mol. The molecule has 1 atom stereocenters. The number of hydrogen-bond acceptors (Lipinski definition) is 4. The number of nitrogens with two attached hydrogens (primary N) is 1. The maximum atomic E-state index is 5.91. The van der Waals surface area contributed by atoms with Crippen molar-refractivity contribution >= 4 is 11.0 Å². The zero-order valence-electron chi connectivity index (χ0n) is 11.9. The second-order valence-corrected chi connectivity index (χ2v) is 5.04. The molecule has 4 heteroatoms. The lowest BCUT2D eigenvalue weighted by Crippen LogP contribution is -2.29. The topological polar surface area (TPSA) is 64.3 Å². The van der Waals surface area contributed by atoms with E-state index in [-0.39, 0.29) is 6.04 Å². The molecule has 0 aliphatic carbocycles. The van der Waals surface area contributed by atoms with Crippen LogP contribution in [-0.4, -0.2) is 0 Å². The van der Waals surface area contributed by atoms with Gasteiger partial charge in [-0.3, -0.25) is 5.84 Å². The van der Waals surface area contributed by atoms with Crippen LogP contribution < -0.4 is 11.3 Å². The summed E-state index contributed by atoms with van der Waals surface area (Å²) >= 11 is 0. The molecule has 0 amide bonds. The molecule has 2 aromatic heterocycles. The Labute approximate surface area is 117 Å². The molecular formula is C16H18N2O2. The molecule has 0 saturated heterocycles. The lowest BCUT2D eigenvalue weighted by atomic mass is 10.0. The number of hydrazine groups is 1. The molecule has 3 aromatic rings. The largest absolute Gasteiger partial charge is 0.466 e. The van der Waals surface area contributed by atoms with Gasteiger partial charge in [0.25, 0.3) is 0 Å². The van der Waals surface area contributed by atoms with E-state index >= 15 is 0 Å². The monoisotopic (exact) mass is 270 g/mol. The van der Waals surface area contributed by atoms with E-state index in [0.717, 1.165) is 39.4 Å². The zero-order chi connectivity index (χ0) is 14.3. The zero-order valence-corrected chi connectivity index (χ0v) is 11.9. The Balaban J connectivity index is 2.13. The number of benzene rings is 1. The molecule has 2 heterocycles. The first-order valence-corrected chi connectivity index (χ1v) is 6.63. The van der Waals surface area contributed by atoms with E-state index in [9.17, 15) is 0 Å². The predicted octanol–water partition coefficient (Wildman–Crippen LogP) is 3.50. The molecular weight excluding hydrogens is 252 g/mol. The summed E-state index contributed by atoms with van der Waals surface area (Å²) in [4.78, 5) is 0. The normalized spacial score (nSPS) is 13.0. The van der Waals surface area contributed by atoms with Gasteiger partial charge in [0, 0.05) is 10.9 Å². The third-order valence-electron chi connectivity index (χ3n) is 3.80. The van der Waals surface area contributed by atoms with Crippen LogP contribution in [0.4, 0.5) is 0 Å². The quantitative estimate of drug-likeness (QED) is 0.564. The highest BCUT2D eigenvalue weighted by molar-refractivity contribution is 5.78. The van der Waals surface area contributed by atoms with E-state index in [1.807, 2.05) is 51.1 Å². The van der Waals surface area contributed by atoms with Gasteiger partial charge >= 0.3 is 0 Å². The standard InChI is InChI=1S/C16H18N2O2/c1-9-10(2)19-11(3)15(9)16(18-17)14-8-12-6-4-5-7-13(12)20-14/h4-8,16,18H,17H2,1-3H3. The van der Waals surface area contributed by atoms with Gasteiger partial charge in [-0.25, -0.2) is 5.43 Å². The van der Waals surface area contributed by atoms with Crippen molar-refractivity contribution in [1.29, 1.82) is 0 Å². The van der Waals surface area contributed by atoms with Gasteiger partial charge in [-0.2, -0.15) is 0 Å². The Morgan fingerprint density at radius 1 is 1.05 bits per heavy atom. The van der Waals surface area contributed by atoms with Gasteiger partial charge in [0.05, 0.1) is 0 Å². The molecule has 1 unspecified atom stereocenters. The Kier molecular flexibility index (Phi) is 3.12. The first kappa shape index (κ1) is 13.0. The third kappa shape index (κ3) is 1.94. The van der Waals surface area contributed by atoms with Gasteiger partial charge < -0.3 is 8.83 Å².